The molecule has 0 aliphatic rings. The Morgan fingerprint density at radius 1 is 1.00 bits per heavy atom. The normalized spacial score (nSPS) is 9.86. The molecule has 0 aliphatic carbocycles. The molecular weight excluding hydrogens is 591 g/mol. The van der Waals surface area contributed by atoms with Gasteiger partial charge >= 0.3 is 53.4 Å². The summed E-state index contributed by atoms with van der Waals surface area (Å²) in [5.74, 6) is -4.72. The largest absolute Gasteiger partial charge is 1.00 e. The number of carboxylic acid groups (broad SMARTS) is 3. The Morgan fingerprint density at radius 3 is 1.70 bits per heavy atom. The van der Waals surface area contributed by atoms with Gasteiger partial charge in [-0.25, -0.2) is 28.7 Å². The second kappa shape index (κ2) is 31.5. The Morgan fingerprint density at radius 2 is 1.49 bits per heavy atom. The first-order valence-electron chi connectivity index (χ1n) is 12.3. The van der Waals surface area contributed by atoms with Gasteiger partial charge in [0.15, 0.2) is 5.25 Å². The van der Waals surface area contributed by atoms with E-state index in [0.717, 1.165) is 19.3 Å². The van der Waals surface area contributed by atoms with E-state index in [4.69, 9.17) is 24.6 Å². The predicted molar refractivity (Wildman–Crippen MR) is 164 cm³/mol. The summed E-state index contributed by atoms with van der Waals surface area (Å²) in [6.07, 6.45) is 9.14. The molecule has 11 nitrogen and oxygen atoms in total. The average Bonchev–Trinajstić information content (AvgIpc) is 2.91. The van der Waals surface area contributed by atoms with E-state index in [1.807, 2.05) is 48.6 Å². The van der Waals surface area contributed by atoms with Gasteiger partial charge in [-0.3, -0.25) is 14.1 Å². The molecular formula is C30H43NaO11S. The van der Waals surface area contributed by atoms with Crippen LogP contribution in [0.25, 0.3) is 6.08 Å². The Hall–Kier alpha value is -3.42. The van der Waals surface area contributed by atoms with E-state index in [0.29, 0.717) is 12.2 Å². The third-order valence-corrected chi connectivity index (χ3v) is 5.03. The van der Waals surface area contributed by atoms with Gasteiger partial charge in [0.05, 0.1) is 13.0 Å². The summed E-state index contributed by atoms with van der Waals surface area (Å²) >= 11 is 0. The van der Waals surface area contributed by atoms with Crippen molar-refractivity contribution in [2.45, 2.75) is 51.7 Å². The van der Waals surface area contributed by atoms with E-state index >= 15 is 0 Å². The quantitative estimate of drug-likeness (QED) is 0.0502. The molecule has 1 aromatic carbocycles. The molecule has 0 saturated heterocycles. The molecule has 0 amide bonds. The zero-order valence-corrected chi connectivity index (χ0v) is 28.2. The number of carboxylic acids is 3. The number of rotatable bonds is 12. The van der Waals surface area contributed by atoms with Gasteiger partial charge in [-0.15, -0.1) is 12.7 Å². The zero-order valence-electron chi connectivity index (χ0n) is 25.4. The molecule has 0 heterocycles. The van der Waals surface area contributed by atoms with Gasteiger partial charge in [0, 0.05) is 11.1 Å². The van der Waals surface area contributed by atoms with Gasteiger partial charge < -0.3 is 20.1 Å². The fourth-order valence-electron chi connectivity index (χ4n) is 1.69. The fraction of sp³-hybridized carbons (Fsp3) is 0.300. The number of esters is 1. The number of carbonyl (C=O) groups is 4. The molecule has 0 saturated carbocycles. The van der Waals surface area contributed by atoms with Gasteiger partial charge in [-0.1, -0.05) is 75.9 Å². The first kappa shape index (κ1) is 49.3. The number of aliphatic carboxylic acids is 3. The van der Waals surface area contributed by atoms with Crippen LogP contribution in [-0.4, -0.2) is 64.0 Å². The Balaban J connectivity index is -0.000000143. The van der Waals surface area contributed by atoms with Crippen molar-refractivity contribution in [3.05, 3.63) is 98.5 Å². The van der Waals surface area contributed by atoms with E-state index in [1.54, 1.807) is 13.0 Å². The van der Waals surface area contributed by atoms with Gasteiger partial charge in [0.2, 0.25) is 0 Å². The number of hydrogen-bond acceptors (Lipinski definition) is 7. The summed E-state index contributed by atoms with van der Waals surface area (Å²) in [6, 6.07) is 10.0. The minimum absolute atomic E-state index is 0. The second-order valence-electron chi connectivity index (χ2n) is 7.91. The standard InChI is InChI=1S/C8H14O2.C8H8.C6H9.C4H6O7S.C4H6O2.Na/c1-4-5-6-10-8(9)7(2)3;1-2-8-6-4-3-5-7-8;1-3-5-6-4-2;5-3(6)1-2(4(7)8)12(9,10)11;1-3(2)4(5)6;/h2,4-6H2,1,3H3;2-7H,1H2;3-5H,1-2,6H2;2H,1H2,(H,5,6)(H,7,8)(H,9,10,11);1H2,2H3,(H,5,6);/q;;-1;;;+1. The van der Waals surface area contributed by atoms with Crippen molar-refractivity contribution in [3.8, 4) is 0 Å². The molecule has 0 aromatic heterocycles. The summed E-state index contributed by atoms with van der Waals surface area (Å²) in [6.45, 7) is 22.9. The maximum absolute atomic E-state index is 10.7. The molecule has 43 heavy (non-hydrogen) atoms. The van der Waals surface area contributed by atoms with Crippen molar-refractivity contribution in [2.24, 2.45) is 0 Å². The van der Waals surface area contributed by atoms with Gasteiger partial charge in [0.25, 0.3) is 10.1 Å². The van der Waals surface area contributed by atoms with E-state index < -0.39 is 39.7 Å². The molecule has 1 rings (SSSR count). The van der Waals surface area contributed by atoms with E-state index in [9.17, 15) is 27.6 Å². The number of unbranched alkanes of at least 4 members (excludes halogenated alkanes) is 1. The maximum Gasteiger partial charge on any atom is 1.00 e. The number of ether oxygens (including phenoxy) is 1. The predicted octanol–water partition coefficient (Wildman–Crippen LogP) is 2.64. The zero-order chi connectivity index (χ0) is 33.7. The fourth-order valence-corrected chi connectivity index (χ4v) is 2.30. The van der Waals surface area contributed by atoms with Crippen LogP contribution in [0.3, 0.4) is 0 Å². The van der Waals surface area contributed by atoms with E-state index in [2.05, 4.69) is 40.2 Å². The summed E-state index contributed by atoms with van der Waals surface area (Å²) < 4.78 is 33.5. The van der Waals surface area contributed by atoms with E-state index in [-0.39, 0.29) is 41.1 Å². The summed E-state index contributed by atoms with van der Waals surface area (Å²) in [5, 5.41) is 21.8. The molecule has 1 unspecified atom stereocenters. The van der Waals surface area contributed by atoms with Gasteiger partial charge in [-0.05, 0) is 25.8 Å². The maximum atomic E-state index is 10.7. The van der Waals surface area contributed by atoms with Crippen LogP contribution in [0.15, 0.2) is 86.0 Å². The Bertz CT molecular complexity index is 1110. The van der Waals surface area contributed by atoms with Crippen LogP contribution in [0.4, 0.5) is 0 Å². The summed E-state index contributed by atoms with van der Waals surface area (Å²) in [5.41, 5.74) is 1.82. The number of carbonyl (C=O) groups excluding carboxylic acids is 1. The van der Waals surface area contributed by atoms with Crippen molar-refractivity contribution in [1.82, 2.24) is 0 Å². The van der Waals surface area contributed by atoms with Crippen LogP contribution in [0.5, 0.6) is 0 Å². The molecule has 13 heteroatoms. The van der Waals surface area contributed by atoms with Crippen LogP contribution in [0.1, 0.15) is 52.0 Å². The Kier molecular flexibility index (Phi) is 36.1. The van der Waals surface area contributed by atoms with Crippen molar-refractivity contribution in [3.63, 3.8) is 0 Å². The molecule has 236 valence electrons. The molecule has 1 aromatic rings. The van der Waals surface area contributed by atoms with Gasteiger partial charge in [0.1, 0.15) is 0 Å². The number of allylic oxidation sites excluding steroid dienone is 3. The third kappa shape index (κ3) is 38.6. The monoisotopic (exact) mass is 634 g/mol. The van der Waals surface area contributed by atoms with Gasteiger partial charge in [-0.2, -0.15) is 8.42 Å². The van der Waals surface area contributed by atoms with Crippen LogP contribution in [0, 0.1) is 6.92 Å². The molecule has 0 spiro atoms. The molecule has 0 radical (unpaired) electrons. The van der Waals surface area contributed by atoms with E-state index in [1.165, 1.54) is 12.5 Å². The third-order valence-electron chi connectivity index (χ3n) is 3.94. The van der Waals surface area contributed by atoms with Crippen LogP contribution >= 0.6 is 0 Å². The molecule has 4 N–H and O–H groups in total. The van der Waals surface area contributed by atoms with Crippen molar-refractivity contribution >= 4 is 40.1 Å². The molecule has 0 bridgehead atoms. The van der Waals surface area contributed by atoms with Crippen molar-refractivity contribution in [1.29, 1.82) is 0 Å². The molecule has 1 atom stereocenters. The van der Waals surface area contributed by atoms with Crippen LogP contribution in [-0.2, 0) is 34.0 Å². The number of hydrogen-bond donors (Lipinski definition) is 4. The van der Waals surface area contributed by atoms with Crippen molar-refractivity contribution in [2.75, 3.05) is 6.61 Å². The summed E-state index contributed by atoms with van der Waals surface area (Å²) in [7, 11) is -4.84. The SMILES string of the molecule is C=C(C)C(=O)O.C=C(C)C(=O)OCCCC.C=CCC=C[CH2-].C=Cc1ccccc1.O=C(O)CC(C(=O)O)S(=O)(=O)O.[Na+]. The topological polar surface area (TPSA) is 193 Å². The van der Waals surface area contributed by atoms with Crippen LogP contribution < -0.4 is 29.6 Å². The second-order valence-corrected chi connectivity index (χ2v) is 9.50. The van der Waals surface area contributed by atoms with Crippen LogP contribution in [0.2, 0.25) is 0 Å². The molecule has 0 fully saturated rings. The molecule has 0 aliphatic heterocycles. The summed E-state index contributed by atoms with van der Waals surface area (Å²) in [4.78, 5) is 40.3. The smallest absolute Gasteiger partial charge is 0.481 e. The minimum atomic E-state index is -4.84. The Labute approximate surface area is 277 Å². The first-order valence-corrected chi connectivity index (χ1v) is 13.8. The average molecular weight is 635 g/mol. The minimum Gasteiger partial charge on any atom is -0.481 e. The first-order chi connectivity index (χ1) is 19.4. The van der Waals surface area contributed by atoms with Crippen molar-refractivity contribution < 1.29 is 81.8 Å². The number of benzene rings is 1.